The Balaban J connectivity index is 1.63. The minimum absolute atomic E-state index is 0.142. The van der Waals surface area contributed by atoms with Crippen LogP contribution in [0.4, 0.5) is 0 Å². The van der Waals surface area contributed by atoms with Crippen molar-refractivity contribution < 1.29 is 14.3 Å². The number of carbonyl (C=O) groups excluding carboxylic acids is 2. The molecule has 0 aliphatic heterocycles. The lowest BCUT2D eigenvalue weighted by atomic mass is 10.1. The lowest BCUT2D eigenvalue weighted by Crippen LogP contribution is -2.31. The quantitative estimate of drug-likeness (QED) is 0.698. The smallest absolute Gasteiger partial charge is 0.325 e. The number of para-hydroxylation sites is 1. The number of H-pyrrole nitrogens is 1. The molecular formula is C19H16N2O4. The lowest BCUT2D eigenvalue weighted by Gasteiger charge is -2.08. The summed E-state index contributed by atoms with van der Waals surface area (Å²) in [5.41, 5.74) is 1.26. The second-order valence-corrected chi connectivity index (χ2v) is 5.42. The SMILES string of the molecule is O=C(CNC(=O)c1cc(=O)[nH]c2ccccc12)OCc1ccccc1. The van der Waals surface area contributed by atoms with Gasteiger partial charge in [0.2, 0.25) is 5.56 Å². The van der Waals surface area contributed by atoms with Gasteiger partial charge in [0.05, 0.1) is 5.56 Å². The van der Waals surface area contributed by atoms with Crippen molar-refractivity contribution in [2.24, 2.45) is 0 Å². The predicted octanol–water partition coefficient (Wildman–Crippen LogP) is 2.00. The first-order valence-corrected chi connectivity index (χ1v) is 7.73. The molecular weight excluding hydrogens is 320 g/mol. The van der Waals surface area contributed by atoms with Gasteiger partial charge in [0.15, 0.2) is 0 Å². The van der Waals surface area contributed by atoms with Crippen LogP contribution in [0.15, 0.2) is 65.5 Å². The van der Waals surface area contributed by atoms with E-state index in [1.54, 1.807) is 24.3 Å². The molecule has 0 saturated heterocycles. The third kappa shape index (κ3) is 4.11. The molecule has 1 heterocycles. The maximum Gasteiger partial charge on any atom is 0.325 e. The van der Waals surface area contributed by atoms with Gasteiger partial charge in [0.25, 0.3) is 5.91 Å². The molecule has 0 saturated carbocycles. The van der Waals surface area contributed by atoms with Gasteiger partial charge in [-0.15, -0.1) is 0 Å². The molecule has 6 heteroatoms. The Labute approximate surface area is 143 Å². The molecule has 0 bridgehead atoms. The van der Waals surface area contributed by atoms with E-state index in [4.69, 9.17) is 4.74 Å². The lowest BCUT2D eigenvalue weighted by molar-refractivity contribution is -0.143. The van der Waals surface area contributed by atoms with E-state index in [0.717, 1.165) is 5.56 Å². The van der Waals surface area contributed by atoms with Crippen LogP contribution in [-0.2, 0) is 16.1 Å². The number of aromatic amines is 1. The molecule has 1 aromatic heterocycles. The largest absolute Gasteiger partial charge is 0.460 e. The van der Waals surface area contributed by atoms with E-state index in [9.17, 15) is 14.4 Å². The number of benzene rings is 2. The van der Waals surface area contributed by atoms with Gasteiger partial charge in [0.1, 0.15) is 13.2 Å². The minimum atomic E-state index is -0.550. The molecule has 0 fully saturated rings. The summed E-state index contributed by atoms with van der Waals surface area (Å²) in [6, 6.07) is 17.4. The highest BCUT2D eigenvalue weighted by Gasteiger charge is 2.13. The van der Waals surface area contributed by atoms with Crippen LogP contribution < -0.4 is 10.9 Å². The summed E-state index contributed by atoms with van der Waals surface area (Å²) in [5.74, 6) is -1.05. The van der Waals surface area contributed by atoms with Crippen molar-refractivity contribution in [2.45, 2.75) is 6.61 Å². The molecule has 126 valence electrons. The van der Waals surface area contributed by atoms with E-state index < -0.39 is 11.9 Å². The summed E-state index contributed by atoms with van der Waals surface area (Å²) < 4.78 is 5.10. The van der Waals surface area contributed by atoms with E-state index in [0.29, 0.717) is 10.9 Å². The predicted molar refractivity (Wildman–Crippen MR) is 93.1 cm³/mol. The second-order valence-electron chi connectivity index (χ2n) is 5.42. The van der Waals surface area contributed by atoms with Crippen molar-refractivity contribution in [3.05, 3.63) is 82.1 Å². The Hall–Kier alpha value is -3.41. The van der Waals surface area contributed by atoms with Gasteiger partial charge in [-0.3, -0.25) is 14.4 Å². The molecule has 3 rings (SSSR count). The average Bonchev–Trinajstić information content (AvgIpc) is 2.64. The van der Waals surface area contributed by atoms with E-state index in [1.165, 1.54) is 6.07 Å². The number of hydrogen-bond acceptors (Lipinski definition) is 4. The van der Waals surface area contributed by atoms with Crippen LogP contribution in [0.2, 0.25) is 0 Å². The highest BCUT2D eigenvalue weighted by Crippen LogP contribution is 2.14. The van der Waals surface area contributed by atoms with Crippen LogP contribution in [-0.4, -0.2) is 23.4 Å². The van der Waals surface area contributed by atoms with E-state index >= 15 is 0 Å². The van der Waals surface area contributed by atoms with Crippen molar-refractivity contribution in [3.63, 3.8) is 0 Å². The Morgan fingerprint density at radius 3 is 2.52 bits per heavy atom. The number of amides is 1. The Morgan fingerprint density at radius 1 is 1.00 bits per heavy atom. The van der Waals surface area contributed by atoms with Crippen molar-refractivity contribution in [1.29, 1.82) is 0 Å². The first-order valence-electron chi connectivity index (χ1n) is 7.73. The first-order chi connectivity index (χ1) is 12.1. The summed E-state index contributed by atoms with van der Waals surface area (Å²) in [6.07, 6.45) is 0. The van der Waals surface area contributed by atoms with Gasteiger partial charge >= 0.3 is 5.97 Å². The number of rotatable bonds is 5. The van der Waals surface area contributed by atoms with Crippen LogP contribution in [0, 0.1) is 0 Å². The number of aromatic nitrogens is 1. The first kappa shape index (κ1) is 16.4. The van der Waals surface area contributed by atoms with Gasteiger partial charge in [-0.2, -0.15) is 0 Å². The highest BCUT2D eigenvalue weighted by atomic mass is 16.5. The van der Waals surface area contributed by atoms with Crippen molar-refractivity contribution >= 4 is 22.8 Å². The topological polar surface area (TPSA) is 88.3 Å². The molecule has 0 unspecified atom stereocenters. The molecule has 6 nitrogen and oxygen atoms in total. The number of hydrogen-bond donors (Lipinski definition) is 2. The fraction of sp³-hybridized carbons (Fsp3) is 0.105. The Bertz CT molecular complexity index is 964. The Morgan fingerprint density at radius 2 is 1.72 bits per heavy atom. The van der Waals surface area contributed by atoms with Gasteiger partial charge in [-0.1, -0.05) is 48.5 Å². The van der Waals surface area contributed by atoms with Crippen LogP contribution in [0.3, 0.4) is 0 Å². The highest BCUT2D eigenvalue weighted by molar-refractivity contribution is 6.06. The average molecular weight is 336 g/mol. The molecule has 0 aliphatic rings. The second kappa shape index (κ2) is 7.44. The number of carbonyl (C=O) groups is 2. The third-order valence-electron chi connectivity index (χ3n) is 3.63. The molecule has 3 aromatic rings. The maximum atomic E-state index is 12.3. The number of ether oxygens (including phenoxy) is 1. The zero-order chi connectivity index (χ0) is 17.6. The van der Waals surface area contributed by atoms with Crippen LogP contribution in [0.25, 0.3) is 10.9 Å². The molecule has 25 heavy (non-hydrogen) atoms. The number of esters is 1. The minimum Gasteiger partial charge on any atom is -0.460 e. The van der Waals surface area contributed by atoms with Gasteiger partial charge in [0, 0.05) is 17.0 Å². The van der Waals surface area contributed by atoms with E-state index in [2.05, 4.69) is 10.3 Å². The fourth-order valence-corrected chi connectivity index (χ4v) is 2.43. The maximum absolute atomic E-state index is 12.3. The fourth-order valence-electron chi connectivity index (χ4n) is 2.43. The summed E-state index contributed by atoms with van der Waals surface area (Å²) >= 11 is 0. The number of nitrogens with one attached hydrogen (secondary N) is 2. The summed E-state index contributed by atoms with van der Waals surface area (Å²) in [5, 5.41) is 3.10. The molecule has 2 N–H and O–H groups in total. The van der Waals surface area contributed by atoms with Gasteiger partial charge in [-0.05, 0) is 11.6 Å². The standard InChI is InChI=1S/C19H16N2O4/c22-17-10-15(14-8-4-5-9-16(14)21-17)19(24)20-11-18(23)25-12-13-6-2-1-3-7-13/h1-10H,11-12H2,(H,20,24)(H,21,22). The Kier molecular flexibility index (Phi) is 4.89. The van der Waals surface area contributed by atoms with E-state index in [-0.39, 0.29) is 24.3 Å². The zero-order valence-corrected chi connectivity index (χ0v) is 13.3. The molecule has 0 radical (unpaired) electrons. The molecule has 1 amide bonds. The number of pyridine rings is 1. The molecule has 2 aromatic carbocycles. The van der Waals surface area contributed by atoms with Crippen LogP contribution in [0.1, 0.15) is 15.9 Å². The van der Waals surface area contributed by atoms with Gasteiger partial charge < -0.3 is 15.0 Å². The monoisotopic (exact) mass is 336 g/mol. The summed E-state index contributed by atoms with van der Waals surface area (Å²) in [6.45, 7) is -0.129. The third-order valence-corrected chi connectivity index (χ3v) is 3.63. The van der Waals surface area contributed by atoms with E-state index in [1.807, 2.05) is 30.3 Å². The number of fused-ring (bicyclic) bond motifs is 1. The summed E-state index contributed by atoms with van der Waals surface area (Å²) in [7, 11) is 0. The van der Waals surface area contributed by atoms with Crippen LogP contribution in [0.5, 0.6) is 0 Å². The van der Waals surface area contributed by atoms with Gasteiger partial charge in [-0.25, -0.2) is 0 Å². The molecule has 0 atom stereocenters. The molecule has 0 aliphatic carbocycles. The van der Waals surface area contributed by atoms with Crippen molar-refractivity contribution in [3.8, 4) is 0 Å². The van der Waals surface area contributed by atoms with Crippen molar-refractivity contribution in [1.82, 2.24) is 10.3 Å². The zero-order valence-electron chi connectivity index (χ0n) is 13.3. The summed E-state index contributed by atoms with van der Waals surface area (Å²) in [4.78, 5) is 38.4. The van der Waals surface area contributed by atoms with Crippen molar-refractivity contribution in [2.75, 3.05) is 6.54 Å². The van der Waals surface area contributed by atoms with Crippen LogP contribution >= 0.6 is 0 Å². The molecule has 0 spiro atoms. The normalized spacial score (nSPS) is 10.4.